The van der Waals surface area contributed by atoms with Crippen molar-refractivity contribution in [3.05, 3.63) is 29.0 Å². The van der Waals surface area contributed by atoms with Gasteiger partial charge in [-0.25, -0.2) is 4.39 Å². The molecule has 2 rings (SSSR count). The van der Waals surface area contributed by atoms with Crippen molar-refractivity contribution < 1.29 is 19.1 Å². The van der Waals surface area contributed by atoms with Gasteiger partial charge < -0.3 is 10.4 Å². The van der Waals surface area contributed by atoms with Gasteiger partial charge in [-0.1, -0.05) is 11.6 Å². The van der Waals surface area contributed by atoms with Gasteiger partial charge in [0, 0.05) is 16.6 Å². The molecule has 0 aromatic heterocycles. The average Bonchev–Trinajstić information content (AvgIpc) is 2.37. The van der Waals surface area contributed by atoms with Gasteiger partial charge in [-0.2, -0.15) is 0 Å². The number of carbonyl (C=O) groups excluding carboxylic acids is 1. The molecular weight excluding hydrogens is 285 g/mol. The fraction of sp³-hybridized carbons (Fsp3) is 0.429. The third kappa shape index (κ3) is 3.70. The normalized spacial score (nSPS) is 22.3. The summed E-state index contributed by atoms with van der Waals surface area (Å²) in [6, 6.07) is 3.84. The van der Waals surface area contributed by atoms with E-state index in [9.17, 15) is 14.0 Å². The molecule has 0 aliphatic heterocycles. The topological polar surface area (TPSA) is 66.4 Å². The summed E-state index contributed by atoms with van der Waals surface area (Å²) in [6.45, 7) is 0. The molecule has 0 saturated heterocycles. The van der Waals surface area contributed by atoms with Crippen LogP contribution in [-0.4, -0.2) is 17.0 Å². The second-order valence-electron chi connectivity index (χ2n) is 5.03. The Morgan fingerprint density at radius 1 is 1.15 bits per heavy atom. The number of halogens is 2. The molecule has 2 N–H and O–H groups in total. The summed E-state index contributed by atoms with van der Waals surface area (Å²) >= 11 is 5.72. The molecular formula is C14H15ClFNO3. The van der Waals surface area contributed by atoms with Gasteiger partial charge in [0.05, 0.1) is 5.92 Å². The molecule has 108 valence electrons. The quantitative estimate of drug-likeness (QED) is 0.900. The van der Waals surface area contributed by atoms with Gasteiger partial charge in [0.15, 0.2) is 0 Å². The minimum atomic E-state index is -0.805. The number of carboxylic acids is 1. The van der Waals surface area contributed by atoms with Crippen LogP contribution in [0.15, 0.2) is 18.2 Å². The van der Waals surface area contributed by atoms with Crippen LogP contribution in [0, 0.1) is 17.7 Å². The summed E-state index contributed by atoms with van der Waals surface area (Å²) in [7, 11) is 0. The maximum absolute atomic E-state index is 13.2. The summed E-state index contributed by atoms with van der Waals surface area (Å²) in [6.07, 6.45) is 2.06. The molecule has 1 aromatic carbocycles. The number of nitrogens with one attached hydrogen (secondary N) is 1. The zero-order valence-corrected chi connectivity index (χ0v) is 11.5. The molecule has 1 fully saturated rings. The van der Waals surface area contributed by atoms with Crippen LogP contribution in [0.5, 0.6) is 0 Å². The lowest BCUT2D eigenvalue weighted by Crippen LogP contribution is -2.29. The number of carbonyl (C=O) groups is 2. The summed E-state index contributed by atoms with van der Waals surface area (Å²) < 4.78 is 13.2. The van der Waals surface area contributed by atoms with Crippen LogP contribution in [0.2, 0.25) is 5.02 Å². The van der Waals surface area contributed by atoms with Crippen LogP contribution in [0.25, 0.3) is 0 Å². The van der Waals surface area contributed by atoms with Gasteiger partial charge in [0.2, 0.25) is 5.91 Å². The van der Waals surface area contributed by atoms with Crippen molar-refractivity contribution in [1.82, 2.24) is 0 Å². The van der Waals surface area contributed by atoms with Crippen molar-refractivity contribution in [1.29, 1.82) is 0 Å². The van der Waals surface area contributed by atoms with E-state index < -0.39 is 11.8 Å². The van der Waals surface area contributed by atoms with E-state index in [1.54, 1.807) is 0 Å². The molecule has 20 heavy (non-hydrogen) atoms. The van der Waals surface area contributed by atoms with Crippen LogP contribution in [0.1, 0.15) is 25.7 Å². The monoisotopic (exact) mass is 299 g/mol. The second-order valence-corrected chi connectivity index (χ2v) is 5.47. The summed E-state index contributed by atoms with van der Waals surface area (Å²) in [5.74, 6) is -2.12. The van der Waals surface area contributed by atoms with E-state index in [2.05, 4.69) is 5.32 Å². The Morgan fingerprint density at radius 2 is 1.75 bits per heavy atom. The number of carboxylic acid groups (broad SMARTS) is 1. The fourth-order valence-corrected chi connectivity index (χ4v) is 2.69. The molecule has 0 spiro atoms. The van der Waals surface area contributed by atoms with E-state index >= 15 is 0 Å². The number of amides is 1. The second kappa shape index (κ2) is 6.22. The highest BCUT2D eigenvalue weighted by molar-refractivity contribution is 6.30. The molecule has 1 amide bonds. The van der Waals surface area contributed by atoms with Crippen molar-refractivity contribution in [3.8, 4) is 0 Å². The number of aliphatic carboxylic acids is 1. The number of anilines is 1. The molecule has 0 atom stereocenters. The van der Waals surface area contributed by atoms with E-state index in [1.165, 1.54) is 12.1 Å². The Balaban J connectivity index is 1.94. The third-order valence-electron chi connectivity index (χ3n) is 3.58. The molecule has 0 radical (unpaired) electrons. The minimum Gasteiger partial charge on any atom is -0.481 e. The summed E-state index contributed by atoms with van der Waals surface area (Å²) in [5, 5.41) is 11.7. The van der Waals surface area contributed by atoms with E-state index in [-0.39, 0.29) is 22.8 Å². The van der Waals surface area contributed by atoms with Crippen LogP contribution < -0.4 is 5.32 Å². The molecule has 1 saturated carbocycles. The SMILES string of the molecule is O=C(O)C1CCC(C(=O)Nc2cc(F)cc(Cl)c2)CC1. The number of rotatable bonds is 3. The Bertz CT molecular complexity index is 507. The molecule has 6 heteroatoms. The first-order valence-electron chi connectivity index (χ1n) is 6.45. The Labute approximate surface area is 120 Å². The average molecular weight is 300 g/mol. The Hall–Kier alpha value is -1.62. The van der Waals surface area contributed by atoms with Crippen LogP contribution >= 0.6 is 11.6 Å². The molecule has 0 heterocycles. The van der Waals surface area contributed by atoms with E-state index in [1.807, 2.05) is 0 Å². The van der Waals surface area contributed by atoms with Gasteiger partial charge in [0.1, 0.15) is 5.82 Å². The van der Waals surface area contributed by atoms with E-state index in [0.29, 0.717) is 31.4 Å². The molecule has 1 aliphatic carbocycles. The highest BCUT2D eigenvalue weighted by atomic mass is 35.5. The van der Waals surface area contributed by atoms with Crippen molar-refractivity contribution >= 4 is 29.2 Å². The van der Waals surface area contributed by atoms with Crippen molar-refractivity contribution in [3.63, 3.8) is 0 Å². The molecule has 1 aromatic rings. The predicted molar refractivity (Wildman–Crippen MR) is 73.1 cm³/mol. The molecule has 4 nitrogen and oxygen atoms in total. The van der Waals surface area contributed by atoms with Gasteiger partial charge >= 0.3 is 5.97 Å². The third-order valence-corrected chi connectivity index (χ3v) is 3.80. The first-order chi connectivity index (χ1) is 9.45. The lowest BCUT2D eigenvalue weighted by Gasteiger charge is -2.25. The number of hydrogen-bond donors (Lipinski definition) is 2. The predicted octanol–water partition coefficient (Wildman–Crippen LogP) is 3.31. The Morgan fingerprint density at radius 3 is 2.30 bits per heavy atom. The first-order valence-corrected chi connectivity index (χ1v) is 6.83. The fourth-order valence-electron chi connectivity index (χ4n) is 2.47. The van der Waals surface area contributed by atoms with E-state index in [0.717, 1.165) is 6.07 Å². The lowest BCUT2D eigenvalue weighted by molar-refractivity contribution is -0.143. The highest BCUT2D eigenvalue weighted by Gasteiger charge is 2.29. The smallest absolute Gasteiger partial charge is 0.306 e. The zero-order valence-electron chi connectivity index (χ0n) is 10.7. The van der Waals surface area contributed by atoms with Gasteiger partial charge in [0.25, 0.3) is 0 Å². The van der Waals surface area contributed by atoms with Crippen molar-refractivity contribution in [2.45, 2.75) is 25.7 Å². The number of benzene rings is 1. The van der Waals surface area contributed by atoms with Gasteiger partial charge in [-0.05, 0) is 43.9 Å². The highest BCUT2D eigenvalue weighted by Crippen LogP contribution is 2.30. The lowest BCUT2D eigenvalue weighted by atomic mass is 9.81. The maximum Gasteiger partial charge on any atom is 0.306 e. The number of hydrogen-bond acceptors (Lipinski definition) is 2. The Kier molecular flexibility index (Phi) is 4.60. The van der Waals surface area contributed by atoms with Gasteiger partial charge in [-0.15, -0.1) is 0 Å². The van der Waals surface area contributed by atoms with Crippen molar-refractivity contribution in [2.24, 2.45) is 11.8 Å². The largest absolute Gasteiger partial charge is 0.481 e. The summed E-state index contributed by atoms with van der Waals surface area (Å²) in [4.78, 5) is 22.9. The van der Waals surface area contributed by atoms with Crippen LogP contribution in [0.4, 0.5) is 10.1 Å². The van der Waals surface area contributed by atoms with Crippen molar-refractivity contribution in [2.75, 3.05) is 5.32 Å². The molecule has 0 unspecified atom stereocenters. The zero-order chi connectivity index (χ0) is 14.7. The summed E-state index contributed by atoms with van der Waals surface area (Å²) in [5.41, 5.74) is 0.320. The standard InChI is InChI=1S/C14H15ClFNO3/c15-10-5-11(16)7-12(6-10)17-13(18)8-1-3-9(4-2-8)14(19)20/h5-9H,1-4H2,(H,17,18)(H,19,20). The maximum atomic E-state index is 13.2. The molecule has 1 aliphatic rings. The van der Waals surface area contributed by atoms with E-state index in [4.69, 9.17) is 16.7 Å². The van der Waals surface area contributed by atoms with Gasteiger partial charge in [-0.3, -0.25) is 9.59 Å². The molecule has 0 bridgehead atoms. The van der Waals surface area contributed by atoms with Crippen LogP contribution in [-0.2, 0) is 9.59 Å². The first kappa shape index (κ1) is 14.8. The minimum absolute atomic E-state index is 0.212. The van der Waals surface area contributed by atoms with Crippen LogP contribution in [0.3, 0.4) is 0 Å².